The van der Waals surface area contributed by atoms with Crippen LogP contribution < -0.4 is 5.32 Å². The number of amides is 1. The number of hydrogen-bond acceptors (Lipinski definition) is 3. The van der Waals surface area contributed by atoms with Crippen molar-refractivity contribution in [2.75, 3.05) is 20.1 Å². The van der Waals surface area contributed by atoms with Crippen LogP contribution in [-0.2, 0) is 11.2 Å². The highest BCUT2D eigenvalue weighted by molar-refractivity contribution is 6.06. The molecule has 2 fully saturated rings. The van der Waals surface area contributed by atoms with Gasteiger partial charge in [0.25, 0.3) is 0 Å². The fraction of sp³-hybridized carbons (Fsp3) is 0.636. The average Bonchev–Trinajstić information content (AvgIpc) is 2.98. The van der Waals surface area contributed by atoms with Gasteiger partial charge in [0.15, 0.2) is 5.78 Å². The molecule has 4 nitrogen and oxygen atoms in total. The van der Waals surface area contributed by atoms with Crippen LogP contribution in [0, 0.1) is 17.3 Å². The number of carbonyl (C=O) groups excluding carboxylic acids is 2. The van der Waals surface area contributed by atoms with E-state index in [1.807, 2.05) is 25.2 Å². The number of rotatable bonds is 2. The number of fused-ring (bicyclic) bond motifs is 1. The number of carbonyl (C=O) groups is 2. The molecule has 1 N–H and O–H groups in total. The van der Waals surface area contributed by atoms with Gasteiger partial charge in [-0.1, -0.05) is 31.2 Å². The molecule has 1 heterocycles. The van der Waals surface area contributed by atoms with Crippen LogP contribution in [0.5, 0.6) is 0 Å². The Morgan fingerprint density at radius 2 is 1.92 bits per heavy atom. The molecule has 4 rings (SSSR count). The molecule has 1 saturated heterocycles. The predicted octanol–water partition coefficient (Wildman–Crippen LogP) is 3.06. The lowest BCUT2D eigenvalue weighted by Crippen LogP contribution is -2.50. The molecule has 1 aromatic rings. The predicted molar refractivity (Wildman–Crippen MR) is 102 cm³/mol. The number of nitrogens with zero attached hydrogens (tertiary/aromatic N) is 1. The molecular weight excluding hydrogens is 324 g/mol. The molecule has 1 amide bonds. The van der Waals surface area contributed by atoms with Gasteiger partial charge < -0.3 is 10.2 Å². The highest BCUT2D eigenvalue weighted by Crippen LogP contribution is 2.46. The Bertz CT molecular complexity index is 708. The van der Waals surface area contributed by atoms with Crippen molar-refractivity contribution in [1.82, 2.24) is 10.2 Å². The number of hydrogen-bond donors (Lipinski definition) is 1. The maximum atomic E-state index is 13.4. The van der Waals surface area contributed by atoms with E-state index in [1.54, 1.807) is 0 Å². The van der Waals surface area contributed by atoms with Crippen molar-refractivity contribution in [3.63, 3.8) is 0 Å². The number of nitrogens with one attached hydrogen (secondary N) is 1. The molecule has 2 aliphatic carbocycles. The number of aryl methyl sites for hydroxylation is 1. The van der Waals surface area contributed by atoms with Crippen LogP contribution in [0.4, 0.5) is 0 Å². The second kappa shape index (κ2) is 6.80. The molecule has 3 aliphatic rings. The Hall–Kier alpha value is -1.68. The van der Waals surface area contributed by atoms with Crippen molar-refractivity contribution >= 4 is 11.7 Å². The van der Waals surface area contributed by atoms with Crippen molar-refractivity contribution in [1.29, 1.82) is 0 Å². The lowest BCUT2D eigenvalue weighted by atomic mass is 9.64. The first kappa shape index (κ1) is 17.7. The maximum absolute atomic E-state index is 13.4. The summed E-state index contributed by atoms with van der Waals surface area (Å²) in [7, 11) is 2.03. The first-order chi connectivity index (χ1) is 12.5. The Balaban J connectivity index is 1.56. The average molecular weight is 354 g/mol. The number of ketones is 1. The van der Waals surface area contributed by atoms with Crippen molar-refractivity contribution in [3.05, 3.63) is 35.4 Å². The van der Waals surface area contributed by atoms with E-state index in [0.717, 1.165) is 42.7 Å². The van der Waals surface area contributed by atoms with Crippen LogP contribution in [-0.4, -0.2) is 42.8 Å². The van der Waals surface area contributed by atoms with Crippen LogP contribution in [0.1, 0.15) is 54.9 Å². The van der Waals surface area contributed by atoms with Crippen molar-refractivity contribution < 1.29 is 9.59 Å². The summed E-state index contributed by atoms with van der Waals surface area (Å²) in [5, 5.41) is 3.30. The van der Waals surface area contributed by atoms with Gasteiger partial charge in [0.05, 0.1) is 11.3 Å². The Morgan fingerprint density at radius 3 is 2.69 bits per heavy atom. The van der Waals surface area contributed by atoms with E-state index in [-0.39, 0.29) is 23.7 Å². The Morgan fingerprint density at radius 1 is 1.19 bits per heavy atom. The normalized spacial score (nSPS) is 34.7. The molecule has 1 saturated carbocycles. The van der Waals surface area contributed by atoms with Gasteiger partial charge in [0, 0.05) is 24.7 Å². The van der Waals surface area contributed by atoms with E-state index >= 15 is 0 Å². The highest BCUT2D eigenvalue weighted by atomic mass is 16.2. The summed E-state index contributed by atoms with van der Waals surface area (Å²) in [6.07, 6.45) is 6.19. The van der Waals surface area contributed by atoms with E-state index in [2.05, 4.69) is 23.2 Å². The Labute approximate surface area is 156 Å². The minimum Gasteiger partial charge on any atom is -0.353 e. The third kappa shape index (κ3) is 2.98. The molecular formula is C22H30N2O2. The van der Waals surface area contributed by atoms with Crippen LogP contribution in [0.3, 0.4) is 0 Å². The number of benzene rings is 1. The molecule has 0 aromatic heterocycles. The summed E-state index contributed by atoms with van der Waals surface area (Å²) in [5.74, 6) is 0.819. The second-order valence-electron chi connectivity index (χ2n) is 8.86. The third-order valence-corrected chi connectivity index (χ3v) is 6.95. The van der Waals surface area contributed by atoms with Gasteiger partial charge in [0.2, 0.25) is 5.91 Å². The Kier molecular flexibility index (Phi) is 4.64. The molecule has 26 heavy (non-hydrogen) atoms. The first-order valence-corrected chi connectivity index (χ1v) is 10.1. The topological polar surface area (TPSA) is 49.4 Å². The van der Waals surface area contributed by atoms with Crippen LogP contribution in [0.2, 0.25) is 0 Å². The van der Waals surface area contributed by atoms with E-state index in [1.165, 1.54) is 12.8 Å². The summed E-state index contributed by atoms with van der Waals surface area (Å²) in [6.45, 7) is 3.67. The van der Waals surface area contributed by atoms with Crippen LogP contribution >= 0.6 is 0 Å². The molecule has 2 atom stereocenters. The molecule has 1 spiro atoms. The van der Waals surface area contributed by atoms with Crippen LogP contribution in [0.15, 0.2) is 24.3 Å². The zero-order valence-electron chi connectivity index (χ0n) is 16.0. The summed E-state index contributed by atoms with van der Waals surface area (Å²) >= 11 is 0. The number of Topliss-reactive ketones (excluding diaryl/α,β-unsaturated/α-hetero) is 1. The standard InChI is InChI=1S/C22H30N2O2/c1-15-7-9-17(10-8-15)23-21(26)19-13-24(2)14-22(19)12-11-16-5-3-4-6-18(16)20(22)25/h3-6,15,17,19H,7-14H2,1-2H3,(H,23,26)/t15?,17?,19-,22+/m0/s1. The second-order valence-corrected chi connectivity index (χ2v) is 8.86. The van der Waals surface area contributed by atoms with Gasteiger partial charge in [-0.2, -0.15) is 0 Å². The molecule has 140 valence electrons. The first-order valence-electron chi connectivity index (χ1n) is 10.1. The SMILES string of the molecule is CC1CCC(NC(=O)[C@@H]2CN(C)C[C@]23CCc2ccccc2C3=O)CC1. The maximum Gasteiger partial charge on any atom is 0.225 e. The molecule has 4 heteroatoms. The van der Waals surface area contributed by atoms with Gasteiger partial charge in [-0.25, -0.2) is 0 Å². The minimum absolute atomic E-state index is 0.0987. The quantitative estimate of drug-likeness (QED) is 0.888. The van der Waals surface area contributed by atoms with E-state index < -0.39 is 5.41 Å². The lowest BCUT2D eigenvalue weighted by Gasteiger charge is -2.37. The highest BCUT2D eigenvalue weighted by Gasteiger charge is 2.55. The summed E-state index contributed by atoms with van der Waals surface area (Å²) in [4.78, 5) is 28.8. The minimum atomic E-state index is -0.546. The van der Waals surface area contributed by atoms with E-state index in [4.69, 9.17) is 0 Å². The molecule has 1 aromatic carbocycles. The van der Waals surface area contributed by atoms with Crippen molar-refractivity contribution in [2.45, 2.75) is 51.5 Å². The molecule has 0 unspecified atom stereocenters. The van der Waals surface area contributed by atoms with Crippen molar-refractivity contribution in [2.24, 2.45) is 17.3 Å². The van der Waals surface area contributed by atoms with Gasteiger partial charge in [-0.05, 0) is 57.1 Å². The lowest BCUT2D eigenvalue weighted by molar-refractivity contribution is -0.128. The number of likely N-dealkylation sites (tertiary alicyclic amines) is 1. The van der Waals surface area contributed by atoms with E-state index in [0.29, 0.717) is 13.1 Å². The fourth-order valence-electron chi connectivity index (χ4n) is 5.37. The zero-order valence-corrected chi connectivity index (χ0v) is 16.0. The fourth-order valence-corrected chi connectivity index (χ4v) is 5.37. The molecule has 1 aliphatic heterocycles. The van der Waals surface area contributed by atoms with Gasteiger partial charge >= 0.3 is 0 Å². The van der Waals surface area contributed by atoms with E-state index in [9.17, 15) is 9.59 Å². The molecule has 0 bridgehead atoms. The summed E-state index contributed by atoms with van der Waals surface area (Å²) in [5.41, 5.74) is 1.42. The monoisotopic (exact) mass is 354 g/mol. The van der Waals surface area contributed by atoms with Crippen LogP contribution in [0.25, 0.3) is 0 Å². The molecule has 0 radical (unpaired) electrons. The third-order valence-electron chi connectivity index (χ3n) is 6.95. The van der Waals surface area contributed by atoms with Gasteiger partial charge in [-0.15, -0.1) is 0 Å². The smallest absolute Gasteiger partial charge is 0.225 e. The van der Waals surface area contributed by atoms with Gasteiger partial charge in [-0.3, -0.25) is 9.59 Å². The van der Waals surface area contributed by atoms with Gasteiger partial charge in [0.1, 0.15) is 0 Å². The largest absolute Gasteiger partial charge is 0.353 e. The summed E-state index contributed by atoms with van der Waals surface area (Å²) in [6, 6.07) is 8.21. The summed E-state index contributed by atoms with van der Waals surface area (Å²) < 4.78 is 0. The zero-order chi connectivity index (χ0) is 18.3. The van der Waals surface area contributed by atoms with Crippen molar-refractivity contribution in [3.8, 4) is 0 Å².